The van der Waals surface area contributed by atoms with Crippen LogP contribution in [0.2, 0.25) is 0 Å². The summed E-state index contributed by atoms with van der Waals surface area (Å²) in [6.45, 7) is 0. The van der Waals surface area contributed by atoms with Gasteiger partial charge < -0.3 is 61.5 Å². The Hall–Kier alpha value is -2.54. The summed E-state index contributed by atoms with van der Waals surface area (Å²) in [5.41, 5.74) is 0. The van der Waals surface area contributed by atoms with Crippen molar-refractivity contribution in [2.24, 2.45) is 0 Å². The SMILES string of the molecule is O.O.O=C([O-])C(=O)[O-].O=C([O-])C(=O)[O-].[Cr+3].[OH3+].[OH3+].c1c[nH+]c[nH]1. The second kappa shape index (κ2) is 26.9. The van der Waals surface area contributed by atoms with Crippen LogP contribution in [0.25, 0.3) is 0 Å². The van der Waals surface area contributed by atoms with E-state index in [1.54, 1.807) is 6.33 Å². The fourth-order valence-corrected chi connectivity index (χ4v) is 0.241. The maximum atomic E-state index is 8.93. The van der Waals surface area contributed by atoms with Crippen molar-refractivity contribution in [2.45, 2.75) is 0 Å². The van der Waals surface area contributed by atoms with E-state index in [-0.39, 0.29) is 39.3 Å². The molecule has 22 heavy (non-hydrogen) atoms. The minimum absolute atomic E-state index is 0. The molecule has 0 unspecified atom stereocenters. The Labute approximate surface area is 132 Å². The molecule has 0 aliphatic carbocycles. The Bertz CT molecular complexity index is 316. The fraction of sp³-hybridized carbons (Fsp3) is 0. The molecule has 15 heteroatoms. The summed E-state index contributed by atoms with van der Waals surface area (Å²) in [6.07, 6.45) is 5.39. The topological polar surface area (TPSA) is 319 Å². The van der Waals surface area contributed by atoms with Crippen molar-refractivity contribution in [3.8, 4) is 0 Å². The maximum Gasteiger partial charge on any atom is 3.00 e. The fourth-order valence-electron chi connectivity index (χ4n) is 0.241. The third-order valence-corrected chi connectivity index (χ3v) is 0.776. The average molecular weight is 371 g/mol. The number of hydrogen-bond acceptors (Lipinski definition) is 8. The van der Waals surface area contributed by atoms with Gasteiger partial charge in [-0.3, -0.25) is 9.97 Å². The van der Waals surface area contributed by atoms with E-state index in [0.717, 1.165) is 0 Å². The van der Waals surface area contributed by atoms with Crippen molar-refractivity contribution in [3.63, 3.8) is 0 Å². The van der Waals surface area contributed by atoms with Crippen molar-refractivity contribution in [1.82, 2.24) is 4.98 Å². The van der Waals surface area contributed by atoms with Gasteiger partial charge in [0.1, 0.15) is 12.4 Å². The van der Waals surface area contributed by atoms with E-state index in [4.69, 9.17) is 39.6 Å². The molecule has 0 fully saturated rings. The zero-order valence-electron chi connectivity index (χ0n) is 10.6. The molecule has 0 aliphatic rings. The monoisotopic (exact) mass is 371 g/mol. The minimum Gasteiger partial charge on any atom is -0.543 e. The van der Waals surface area contributed by atoms with Crippen LogP contribution in [-0.2, 0) is 47.5 Å². The van der Waals surface area contributed by atoms with Crippen molar-refractivity contribution in [3.05, 3.63) is 18.7 Å². The van der Waals surface area contributed by atoms with Crippen LogP contribution < -0.4 is 25.4 Å². The first-order valence-corrected chi connectivity index (χ1v) is 3.62. The van der Waals surface area contributed by atoms with Gasteiger partial charge in [0, 0.05) is 0 Å². The first kappa shape index (κ1) is 42.7. The molecule has 0 saturated heterocycles. The number of nitrogens with one attached hydrogen (secondary N) is 2. The molecular weight excluding hydrogens is 356 g/mol. The second-order valence-electron chi connectivity index (χ2n) is 1.96. The van der Waals surface area contributed by atoms with E-state index in [2.05, 4.69) is 9.97 Å². The molecule has 1 rings (SSSR count). The molecule has 129 valence electrons. The third kappa shape index (κ3) is 43.2. The van der Waals surface area contributed by atoms with Crippen LogP contribution in [0.3, 0.4) is 0 Å². The molecular formula is C7H15CrN2O12+2. The number of aliphatic carboxylic acids is 4. The first-order chi connectivity index (χ1) is 7.79. The Morgan fingerprint density at radius 1 is 0.773 bits per heavy atom. The summed E-state index contributed by atoms with van der Waals surface area (Å²) in [4.78, 5) is 41.3. The predicted molar refractivity (Wildman–Crippen MR) is 54.3 cm³/mol. The van der Waals surface area contributed by atoms with E-state index in [9.17, 15) is 0 Å². The van der Waals surface area contributed by atoms with Gasteiger partial charge in [0.25, 0.3) is 0 Å². The Balaban J connectivity index is -0.0000000276. The average Bonchev–Trinajstić information content (AvgIpc) is 2.75. The number of aromatic amines is 2. The van der Waals surface area contributed by atoms with Crippen LogP contribution in [-0.4, -0.2) is 39.8 Å². The normalized spacial score (nSPS) is 5.82. The quantitative estimate of drug-likeness (QED) is 0.336. The Morgan fingerprint density at radius 3 is 1.09 bits per heavy atom. The largest absolute Gasteiger partial charge is 3.00 e. The molecule has 0 spiro atoms. The van der Waals surface area contributed by atoms with Gasteiger partial charge in [-0.15, -0.1) is 0 Å². The first-order valence-electron chi connectivity index (χ1n) is 3.62. The van der Waals surface area contributed by atoms with Gasteiger partial charge in [0.05, 0.1) is 23.9 Å². The minimum atomic E-state index is -2.19. The van der Waals surface area contributed by atoms with Crippen LogP contribution in [0.4, 0.5) is 0 Å². The van der Waals surface area contributed by atoms with Gasteiger partial charge in [0.15, 0.2) is 0 Å². The molecule has 14 nitrogen and oxygen atoms in total. The van der Waals surface area contributed by atoms with E-state index >= 15 is 0 Å². The number of carboxylic acids is 4. The summed E-state index contributed by atoms with van der Waals surface area (Å²) in [7, 11) is 0. The summed E-state index contributed by atoms with van der Waals surface area (Å²) >= 11 is 0. The summed E-state index contributed by atoms with van der Waals surface area (Å²) < 4.78 is 0. The van der Waals surface area contributed by atoms with Crippen molar-refractivity contribution in [2.75, 3.05) is 0 Å². The van der Waals surface area contributed by atoms with Crippen molar-refractivity contribution in [1.29, 1.82) is 0 Å². The number of carbonyl (C=O) groups excluding carboxylic acids is 4. The number of rotatable bonds is 0. The second-order valence-corrected chi connectivity index (χ2v) is 1.96. The zero-order valence-corrected chi connectivity index (χ0v) is 11.8. The number of aromatic nitrogens is 2. The molecule has 1 aromatic rings. The third-order valence-electron chi connectivity index (χ3n) is 0.776. The van der Waals surface area contributed by atoms with Gasteiger partial charge in [0.2, 0.25) is 6.33 Å². The number of imidazole rings is 1. The zero-order chi connectivity index (χ0) is 13.8. The molecule has 0 atom stereocenters. The van der Waals surface area contributed by atoms with Crippen molar-refractivity contribution >= 4 is 23.9 Å². The van der Waals surface area contributed by atoms with Gasteiger partial charge in [-0.2, -0.15) is 0 Å². The van der Waals surface area contributed by atoms with Crippen LogP contribution >= 0.6 is 0 Å². The van der Waals surface area contributed by atoms with Crippen LogP contribution in [0, 0.1) is 0 Å². The van der Waals surface area contributed by atoms with Gasteiger partial charge >= 0.3 is 17.4 Å². The predicted octanol–water partition coefficient (Wildman–Crippen LogP) is -10.7. The van der Waals surface area contributed by atoms with Crippen LogP contribution in [0.1, 0.15) is 0 Å². The van der Waals surface area contributed by atoms with Crippen LogP contribution in [0.5, 0.6) is 0 Å². The smallest absolute Gasteiger partial charge is 0.543 e. The molecule has 1 radical (unpaired) electrons. The Kier molecular flexibility index (Phi) is 52.3. The molecule has 0 aliphatic heterocycles. The van der Waals surface area contributed by atoms with E-state index in [0.29, 0.717) is 0 Å². The maximum absolute atomic E-state index is 8.93. The van der Waals surface area contributed by atoms with Gasteiger partial charge in [-0.25, -0.2) is 0 Å². The Morgan fingerprint density at radius 2 is 1.05 bits per heavy atom. The van der Waals surface area contributed by atoms with E-state index < -0.39 is 23.9 Å². The molecule has 0 saturated carbocycles. The summed E-state index contributed by atoms with van der Waals surface area (Å²) in [5.74, 6) is -8.74. The molecule has 0 aromatic carbocycles. The summed E-state index contributed by atoms with van der Waals surface area (Å²) in [5, 5.41) is 35.7. The van der Waals surface area contributed by atoms with Gasteiger partial charge in [-0.05, 0) is 0 Å². The standard InChI is InChI=1S/C3H4N2.2C2H2O4.Cr.4H2O/c1-2-5-3-4-1;2*3-1(4)2(5)6;;;;;/h1-3H,(H,4,5);2*(H,3,4)(H,5,6);;4*1H2/q;;;+3;;;;/p-1. The van der Waals surface area contributed by atoms with E-state index in [1.165, 1.54) is 0 Å². The molecule has 1 aromatic heterocycles. The van der Waals surface area contributed by atoms with Crippen molar-refractivity contribution < 1.29 is 83.9 Å². The van der Waals surface area contributed by atoms with Gasteiger partial charge in [-0.1, -0.05) is 0 Å². The summed E-state index contributed by atoms with van der Waals surface area (Å²) in [6, 6.07) is 0. The number of carbonyl (C=O) groups is 4. The van der Waals surface area contributed by atoms with E-state index in [1.807, 2.05) is 12.4 Å². The molecule has 0 amide bonds. The molecule has 0 bridgehead atoms. The molecule has 12 N–H and O–H groups in total. The van der Waals surface area contributed by atoms with Crippen LogP contribution in [0.15, 0.2) is 18.7 Å². The molecule has 1 heterocycles. The number of hydrogen-bond donors (Lipinski definition) is 1. The number of carboxylic acid groups (broad SMARTS) is 4. The number of H-pyrrole nitrogens is 2.